The Morgan fingerprint density at radius 3 is 2.95 bits per heavy atom. The monoisotopic (exact) mass is 274 g/mol. The van der Waals surface area contributed by atoms with Gasteiger partial charge in [-0.25, -0.2) is 9.50 Å². The summed E-state index contributed by atoms with van der Waals surface area (Å²) < 4.78 is 7.16. The highest BCUT2D eigenvalue weighted by atomic mass is 32.1. The van der Waals surface area contributed by atoms with E-state index in [9.17, 15) is 0 Å². The van der Waals surface area contributed by atoms with Crippen LogP contribution in [0.4, 0.5) is 0 Å². The van der Waals surface area contributed by atoms with Crippen molar-refractivity contribution in [2.75, 3.05) is 13.7 Å². The summed E-state index contributed by atoms with van der Waals surface area (Å²) in [5.74, 6) is 0.821. The van der Waals surface area contributed by atoms with Gasteiger partial charge >= 0.3 is 0 Å². The molecule has 2 N–H and O–H groups in total. The van der Waals surface area contributed by atoms with Crippen LogP contribution in [0.3, 0.4) is 0 Å². The Kier molecular flexibility index (Phi) is 3.18. The van der Waals surface area contributed by atoms with Crippen LogP contribution >= 0.6 is 11.3 Å². The van der Waals surface area contributed by atoms with Crippen molar-refractivity contribution in [3.05, 3.63) is 36.2 Å². The Balaban J connectivity index is 2.03. The lowest BCUT2D eigenvalue weighted by atomic mass is 10.2. The fourth-order valence-electron chi connectivity index (χ4n) is 1.94. The Morgan fingerprint density at radius 2 is 2.21 bits per heavy atom. The third-order valence-electron chi connectivity index (χ3n) is 2.83. The van der Waals surface area contributed by atoms with E-state index in [0.29, 0.717) is 6.54 Å². The number of nitrogens with two attached hydrogens (primary N) is 1. The zero-order valence-corrected chi connectivity index (χ0v) is 11.4. The number of imidazole rings is 1. The normalized spacial score (nSPS) is 11.1. The maximum atomic E-state index is 5.53. The molecule has 5 nitrogen and oxygen atoms in total. The molecule has 0 aliphatic carbocycles. The summed E-state index contributed by atoms with van der Waals surface area (Å²) in [6.07, 6.45) is 2.71. The fourth-order valence-corrected chi connectivity index (χ4v) is 2.87. The van der Waals surface area contributed by atoms with Crippen molar-refractivity contribution in [1.29, 1.82) is 0 Å². The largest absolute Gasteiger partial charge is 0.496 e. The highest BCUT2D eigenvalue weighted by molar-refractivity contribution is 7.19. The molecule has 0 unspecified atom stereocenters. The third kappa shape index (κ3) is 2.20. The molecule has 6 heteroatoms. The summed E-state index contributed by atoms with van der Waals surface area (Å²) in [6, 6.07) is 7.85. The first-order valence-electron chi connectivity index (χ1n) is 6.00. The van der Waals surface area contributed by atoms with Crippen molar-refractivity contribution in [3.63, 3.8) is 0 Å². The zero-order valence-electron chi connectivity index (χ0n) is 10.5. The number of para-hydroxylation sites is 1. The number of aromatic nitrogens is 3. The minimum atomic E-state index is 0.601. The van der Waals surface area contributed by atoms with Crippen LogP contribution in [0, 0.1) is 0 Å². The van der Waals surface area contributed by atoms with Crippen LogP contribution in [0.1, 0.15) is 5.69 Å². The Morgan fingerprint density at radius 1 is 1.37 bits per heavy atom. The molecule has 0 bridgehead atoms. The van der Waals surface area contributed by atoms with Crippen molar-refractivity contribution in [1.82, 2.24) is 14.6 Å². The molecule has 2 heterocycles. The zero-order chi connectivity index (χ0) is 13.2. The van der Waals surface area contributed by atoms with Crippen LogP contribution in [0.5, 0.6) is 5.75 Å². The molecule has 19 heavy (non-hydrogen) atoms. The molecule has 0 aliphatic heterocycles. The van der Waals surface area contributed by atoms with E-state index in [0.717, 1.165) is 33.4 Å². The molecule has 3 rings (SSSR count). The number of methoxy groups -OCH3 is 1. The second-order valence-corrected chi connectivity index (χ2v) is 5.06. The maximum Gasteiger partial charge on any atom is 0.212 e. The van der Waals surface area contributed by atoms with E-state index in [1.165, 1.54) is 0 Å². The predicted molar refractivity (Wildman–Crippen MR) is 75.6 cm³/mol. The van der Waals surface area contributed by atoms with E-state index in [1.54, 1.807) is 23.0 Å². The van der Waals surface area contributed by atoms with Crippen LogP contribution in [-0.4, -0.2) is 28.3 Å². The highest BCUT2D eigenvalue weighted by Crippen LogP contribution is 2.32. The smallest absolute Gasteiger partial charge is 0.212 e. The molecule has 0 aliphatic rings. The first kappa shape index (κ1) is 12.1. The van der Waals surface area contributed by atoms with E-state index in [1.807, 2.05) is 30.5 Å². The average molecular weight is 274 g/mol. The van der Waals surface area contributed by atoms with E-state index in [2.05, 4.69) is 10.1 Å². The van der Waals surface area contributed by atoms with Crippen molar-refractivity contribution >= 4 is 16.3 Å². The molecule has 0 saturated heterocycles. The van der Waals surface area contributed by atoms with Crippen molar-refractivity contribution < 1.29 is 4.74 Å². The quantitative estimate of drug-likeness (QED) is 0.790. The summed E-state index contributed by atoms with van der Waals surface area (Å²) in [6.45, 7) is 0.601. The molecular formula is C13H14N4OS. The molecule has 0 radical (unpaired) electrons. The molecule has 0 fully saturated rings. The van der Waals surface area contributed by atoms with Gasteiger partial charge in [0, 0.05) is 6.42 Å². The second-order valence-electron chi connectivity index (χ2n) is 4.11. The Labute approximate surface area is 114 Å². The van der Waals surface area contributed by atoms with Crippen molar-refractivity contribution in [2.24, 2.45) is 5.73 Å². The standard InChI is InChI=1S/C13H14N4OS/c1-18-11-5-3-2-4-10(11)12-16-17-8-9(6-7-14)15-13(17)19-12/h2-5,8H,6-7,14H2,1H3. The van der Waals surface area contributed by atoms with Crippen LogP contribution in [0.25, 0.3) is 15.5 Å². The van der Waals surface area contributed by atoms with Crippen LogP contribution in [-0.2, 0) is 6.42 Å². The van der Waals surface area contributed by atoms with Gasteiger partial charge in [-0.3, -0.25) is 0 Å². The molecular weight excluding hydrogens is 260 g/mol. The topological polar surface area (TPSA) is 65.4 Å². The number of rotatable bonds is 4. The number of fused-ring (bicyclic) bond motifs is 1. The summed E-state index contributed by atoms with van der Waals surface area (Å²) in [4.78, 5) is 5.38. The van der Waals surface area contributed by atoms with E-state index < -0.39 is 0 Å². The highest BCUT2D eigenvalue weighted by Gasteiger charge is 2.12. The summed E-state index contributed by atoms with van der Waals surface area (Å²) in [5, 5.41) is 5.45. The minimum Gasteiger partial charge on any atom is -0.496 e. The number of hydrogen-bond donors (Lipinski definition) is 1. The molecule has 0 spiro atoms. The van der Waals surface area contributed by atoms with Gasteiger partial charge in [-0.05, 0) is 18.7 Å². The molecule has 98 valence electrons. The van der Waals surface area contributed by atoms with Crippen LogP contribution in [0.15, 0.2) is 30.5 Å². The van der Waals surface area contributed by atoms with Gasteiger partial charge in [0.1, 0.15) is 5.75 Å². The molecule has 1 aromatic carbocycles. The minimum absolute atomic E-state index is 0.601. The predicted octanol–water partition coefficient (Wildman–Crippen LogP) is 1.97. The van der Waals surface area contributed by atoms with Crippen LogP contribution < -0.4 is 10.5 Å². The summed E-state index contributed by atoms with van der Waals surface area (Å²) in [7, 11) is 1.66. The SMILES string of the molecule is COc1ccccc1-c1nn2cc(CCN)nc2s1. The van der Waals surface area contributed by atoms with Gasteiger partial charge in [0.15, 0.2) is 5.01 Å². The number of hydrogen-bond acceptors (Lipinski definition) is 5. The first-order valence-corrected chi connectivity index (χ1v) is 6.82. The second kappa shape index (κ2) is 4.99. The van der Waals surface area contributed by atoms with Gasteiger partial charge < -0.3 is 10.5 Å². The average Bonchev–Trinajstić information content (AvgIpc) is 2.97. The number of nitrogens with zero attached hydrogens (tertiary/aromatic N) is 3. The van der Waals surface area contributed by atoms with Gasteiger partial charge in [-0.1, -0.05) is 23.5 Å². The lowest BCUT2D eigenvalue weighted by Crippen LogP contribution is -2.02. The summed E-state index contributed by atoms with van der Waals surface area (Å²) >= 11 is 1.55. The van der Waals surface area contributed by atoms with Crippen LogP contribution in [0.2, 0.25) is 0 Å². The number of ether oxygens (including phenoxy) is 1. The first-order chi connectivity index (χ1) is 9.31. The Bertz CT molecular complexity index is 672. The third-order valence-corrected chi connectivity index (χ3v) is 3.79. The van der Waals surface area contributed by atoms with Gasteiger partial charge in [0.05, 0.1) is 24.6 Å². The molecule has 3 aromatic rings. The molecule has 0 atom stereocenters. The number of benzene rings is 1. The van der Waals surface area contributed by atoms with Crippen molar-refractivity contribution in [2.45, 2.75) is 6.42 Å². The Hall–Kier alpha value is -1.92. The van der Waals surface area contributed by atoms with Gasteiger partial charge in [0.2, 0.25) is 4.96 Å². The fraction of sp³-hybridized carbons (Fsp3) is 0.231. The van der Waals surface area contributed by atoms with E-state index in [4.69, 9.17) is 10.5 Å². The van der Waals surface area contributed by atoms with E-state index in [-0.39, 0.29) is 0 Å². The van der Waals surface area contributed by atoms with Crippen molar-refractivity contribution in [3.8, 4) is 16.3 Å². The lowest BCUT2D eigenvalue weighted by Gasteiger charge is -2.03. The molecule has 0 amide bonds. The lowest BCUT2D eigenvalue weighted by molar-refractivity contribution is 0.416. The van der Waals surface area contributed by atoms with Gasteiger partial charge in [-0.15, -0.1) is 0 Å². The molecule has 2 aromatic heterocycles. The van der Waals surface area contributed by atoms with Gasteiger partial charge in [-0.2, -0.15) is 5.10 Å². The molecule has 0 saturated carbocycles. The maximum absolute atomic E-state index is 5.53. The summed E-state index contributed by atoms with van der Waals surface area (Å²) in [5.41, 5.74) is 7.49. The van der Waals surface area contributed by atoms with E-state index >= 15 is 0 Å². The van der Waals surface area contributed by atoms with Gasteiger partial charge in [0.25, 0.3) is 0 Å².